The van der Waals surface area contributed by atoms with E-state index < -0.39 is 0 Å². The van der Waals surface area contributed by atoms with Gasteiger partial charge in [0.1, 0.15) is 6.54 Å². The number of carbonyl (C=O) groups excluding carboxylic acids is 1. The number of piperidine rings is 1. The van der Waals surface area contributed by atoms with Crippen LogP contribution in [0.1, 0.15) is 26.7 Å². The molecule has 124 valence electrons. The summed E-state index contributed by atoms with van der Waals surface area (Å²) in [5.41, 5.74) is 0. The van der Waals surface area contributed by atoms with Gasteiger partial charge in [-0.3, -0.25) is 4.79 Å². The fourth-order valence-corrected chi connectivity index (χ4v) is 2.30. The Morgan fingerprint density at radius 2 is 2.19 bits per heavy atom. The number of carbonyl (C=O) groups is 1. The van der Waals surface area contributed by atoms with E-state index >= 15 is 0 Å². The van der Waals surface area contributed by atoms with E-state index in [0.29, 0.717) is 19.1 Å². The Kier molecular flexibility index (Phi) is 11.7. The quantitative estimate of drug-likeness (QED) is 0.297. The van der Waals surface area contributed by atoms with Gasteiger partial charge in [0.05, 0.1) is 6.61 Å². The van der Waals surface area contributed by atoms with Crippen molar-refractivity contribution in [1.82, 2.24) is 15.5 Å². The molecule has 21 heavy (non-hydrogen) atoms. The molecule has 0 aromatic carbocycles. The molecule has 0 bridgehead atoms. The van der Waals surface area contributed by atoms with Gasteiger partial charge in [0.15, 0.2) is 5.96 Å². The molecule has 6 nitrogen and oxygen atoms in total. The highest BCUT2D eigenvalue weighted by atomic mass is 127. The largest absolute Gasteiger partial charge is 0.383 e. The maximum absolute atomic E-state index is 11.7. The minimum absolute atomic E-state index is 0. The van der Waals surface area contributed by atoms with E-state index in [1.165, 1.54) is 12.8 Å². The van der Waals surface area contributed by atoms with Gasteiger partial charge < -0.3 is 20.3 Å². The maximum Gasteiger partial charge on any atom is 0.241 e. The van der Waals surface area contributed by atoms with Crippen LogP contribution in [0, 0.1) is 5.92 Å². The normalized spacial score (nSPS) is 18.9. The molecule has 1 rings (SSSR count). The van der Waals surface area contributed by atoms with Crippen molar-refractivity contribution in [3.8, 4) is 0 Å². The SMILES string of the molecule is CCNC(=NCC(=O)NCCOC)N1CCCC(C)C1.I. The Bertz CT molecular complexity index is 326. The van der Waals surface area contributed by atoms with Crippen molar-refractivity contribution in [3.63, 3.8) is 0 Å². The molecule has 0 saturated carbocycles. The lowest BCUT2D eigenvalue weighted by molar-refractivity contribution is -0.119. The van der Waals surface area contributed by atoms with Crippen LogP contribution in [-0.4, -0.2) is 63.2 Å². The van der Waals surface area contributed by atoms with Crippen LogP contribution in [0.5, 0.6) is 0 Å². The zero-order valence-electron chi connectivity index (χ0n) is 13.4. The van der Waals surface area contributed by atoms with Crippen molar-refractivity contribution in [2.45, 2.75) is 26.7 Å². The molecule has 1 aliphatic rings. The van der Waals surface area contributed by atoms with Crippen LogP contribution >= 0.6 is 24.0 Å². The summed E-state index contributed by atoms with van der Waals surface area (Å²) in [7, 11) is 1.62. The zero-order valence-corrected chi connectivity index (χ0v) is 15.7. The molecule has 0 aromatic heterocycles. The molecule has 1 amide bonds. The molecule has 0 aliphatic carbocycles. The van der Waals surface area contributed by atoms with Crippen molar-refractivity contribution in [3.05, 3.63) is 0 Å². The third-order valence-corrected chi connectivity index (χ3v) is 3.29. The summed E-state index contributed by atoms with van der Waals surface area (Å²) in [6.45, 7) is 8.36. The highest BCUT2D eigenvalue weighted by Crippen LogP contribution is 2.15. The molecule has 1 fully saturated rings. The number of hydrogen-bond donors (Lipinski definition) is 2. The molecular formula is C14H29IN4O2. The van der Waals surface area contributed by atoms with Gasteiger partial charge in [-0.05, 0) is 25.7 Å². The van der Waals surface area contributed by atoms with Gasteiger partial charge in [0.2, 0.25) is 5.91 Å². The number of aliphatic imine (C=N–C) groups is 1. The van der Waals surface area contributed by atoms with E-state index in [1.807, 2.05) is 6.92 Å². The number of methoxy groups -OCH3 is 1. The summed E-state index contributed by atoms with van der Waals surface area (Å²) >= 11 is 0. The first-order chi connectivity index (χ1) is 9.67. The lowest BCUT2D eigenvalue weighted by Crippen LogP contribution is -2.46. The van der Waals surface area contributed by atoms with E-state index in [9.17, 15) is 4.79 Å². The monoisotopic (exact) mass is 412 g/mol. The maximum atomic E-state index is 11.7. The van der Waals surface area contributed by atoms with Crippen molar-refractivity contribution in [2.24, 2.45) is 10.9 Å². The Balaban J connectivity index is 0.00000400. The highest BCUT2D eigenvalue weighted by molar-refractivity contribution is 14.0. The molecule has 1 heterocycles. The minimum Gasteiger partial charge on any atom is -0.383 e. The minimum atomic E-state index is -0.0671. The number of rotatable bonds is 6. The van der Waals surface area contributed by atoms with Crippen LogP contribution in [0.4, 0.5) is 0 Å². The molecule has 1 unspecified atom stereocenters. The second-order valence-electron chi connectivity index (χ2n) is 5.21. The van der Waals surface area contributed by atoms with E-state index in [2.05, 4.69) is 27.4 Å². The van der Waals surface area contributed by atoms with Gasteiger partial charge in [-0.1, -0.05) is 6.92 Å². The number of ether oxygens (including phenoxy) is 1. The molecule has 1 atom stereocenters. The van der Waals surface area contributed by atoms with E-state index in [1.54, 1.807) is 7.11 Å². The fourth-order valence-electron chi connectivity index (χ4n) is 2.30. The summed E-state index contributed by atoms with van der Waals surface area (Å²) in [5.74, 6) is 1.46. The number of nitrogens with zero attached hydrogens (tertiary/aromatic N) is 2. The van der Waals surface area contributed by atoms with E-state index in [0.717, 1.165) is 25.6 Å². The molecule has 1 aliphatic heterocycles. The summed E-state index contributed by atoms with van der Waals surface area (Å²) < 4.78 is 4.89. The van der Waals surface area contributed by atoms with Crippen molar-refractivity contribution >= 4 is 35.8 Å². The van der Waals surface area contributed by atoms with Crippen molar-refractivity contribution < 1.29 is 9.53 Å². The number of guanidine groups is 1. The number of nitrogens with one attached hydrogen (secondary N) is 2. The lowest BCUT2D eigenvalue weighted by atomic mass is 10.0. The Morgan fingerprint density at radius 3 is 2.81 bits per heavy atom. The van der Waals surface area contributed by atoms with Crippen LogP contribution < -0.4 is 10.6 Å². The predicted octanol–water partition coefficient (Wildman–Crippen LogP) is 1.06. The van der Waals surface area contributed by atoms with E-state index in [-0.39, 0.29) is 36.4 Å². The number of halogens is 1. The van der Waals surface area contributed by atoms with Gasteiger partial charge in [-0.25, -0.2) is 4.99 Å². The molecule has 7 heteroatoms. The Morgan fingerprint density at radius 1 is 1.43 bits per heavy atom. The van der Waals surface area contributed by atoms with Gasteiger partial charge in [0, 0.05) is 33.3 Å². The van der Waals surface area contributed by atoms with Gasteiger partial charge >= 0.3 is 0 Å². The topological polar surface area (TPSA) is 66.0 Å². The van der Waals surface area contributed by atoms with Crippen molar-refractivity contribution in [1.29, 1.82) is 0 Å². The number of hydrogen-bond acceptors (Lipinski definition) is 3. The first-order valence-corrected chi connectivity index (χ1v) is 7.46. The average Bonchev–Trinajstić information content (AvgIpc) is 2.43. The van der Waals surface area contributed by atoms with Crippen LogP contribution in [0.25, 0.3) is 0 Å². The van der Waals surface area contributed by atoms with E-state index in [4.69, 9.17) is 4.74 Å². The summed E-state index contributed by atoms with van der Waals surface area (Å²) in [4.78, 5) is 18.3. The zero-order chi connectivity index (χ0) is 14.8. The number of amides is 1. The number of likely N-dealkylation sites (tertiary alicyclic amines) is 1. The summed E-state index contributed by atoms with van der Waals surface area (Å²) in [5, 5.41) is 6.04. The smallest absolute Gasteiger partial charge is 0.241 e. The average molecular weight is 412 g/mol. The molecule has 0 aromatic rings. The van der Waals surface area contributed by atoms with Gasteiger partial charge in [-0.15, -0.1) is 24.0 Å². The van der Waals surface area contributed by atoms with Crippen LogP contribution in [0.15, 0.2) is 4.99 Å². The second-order valence-corrected chi connectivity index (χ2v) is 5.21. The standard InChI is InChI=1S/C14H28N4O2.HI/c1-4-15-14(18-8-5-6-12(2)11-18)17-10-13(19)16-7-9-20-3;/h12H,4-11H2,1-3H3,(H,15,17)(H,16,19);1H. The molecule has 0 radical (unpaired) electrons. The highest BCUT2D eigenvalue weighted by Gasteiger charge is 2.19. The third-order valence-electron chi connectivity index (χ3n) is 3.29. The molecule has 2 N–H and O–H groups in total. The lowest BCUT2D eigenvalue weighted by Gasteiger charge is -2.33. The predicted molar refractivity (Wildman–Crippen MR) is 96.3 cm³/mol. The van der Waals surface area contributed by atoms with Crippen LogP contribution in [0.2, 0.25) is 0 Å². The fraction of sp³-hybridized carbons (Fsp3) is 0.857. The molecular weight excluding hydrogens is 383 g/mol. The van der Waals surface area contributed by atoms with Crippen LogP contribution in [0.3, 0.4) is 0 Å². The van der Waals surface area contributed by atoms with Gasteiger partial charge in [-0.2, -0.15) is 0 Å². The summed E-state index contributed by atoms with van der Waals surface area (Å²) in [6, 6.07) is 0. The first-order valence-electron chi connectivity index (χ1n) is 7.46. The van der Waals surface area contributed by atoms with Crippen molar-refractivity contribution in [2.75, 3.05) is 46.4 Å². The molecule has 1 saturated heterocycles. The Hall–Kier alpha value is -0.570. The molecule has 0 spiro atoms. The first kappa shape index (κ1) is 20.4. The van der Waals surface area contributed by atoms with Crippen LogP contribution in [-0.2, 0) is 9.53 Å². The third kappa shape index (κ3) is 8.45. The van der Waals surface area contributed by atoms with Gasteiger partial charge in [0.25, 0.3) is 0 Å². The Labute approximate surface area is 145 Å². The summed E-state index contributed by atoms with van der Waals surface area (Å²) in [6.07, 6.45) is 2.46. The second kappa shape index (κ2) is 12.0.